The van der Waals surface area contributed by atoms with E-state index in [1.54, 1.807) is 6.07 Å². The van der Waals surface area contributed by atoms with E-state index >= 15 is 0 Å². The second kappa shape index (κ2) is 12.1. The zero-order valence-corrected chi connectivity index (χ0v) is 22.3. The molecule has 0 fully saturated rings. The van der Waals surface area contributed by atoms with Crippen molar-refractivity contribution in [1.82, 2.24) is 5.43 Å². The maximum atomic E-state index is 12.5. The van der Waals surface area contributed by atoms with Crippen LogP contribution in [0.2, 0.25) is 10.0 Å². The van der Waals surface area contributed by atoms with Crippen molar-refractivity contribution in [2.45, 2.75) is 25.7 Å². The summed E-state index contributed by atoms with van der Waals surface area (Å²) >= 11 is 13.2. The van der Waals surface area contributed by atoms with Crippen LogP contribution in [0.1, 0.15) is 44.8 Å². The molecule has 1 heterocycles. The molecule has 12 heteroatoms. The Balaban J connectivity index is 1.37. The number of nitrogens with one attached hydrogen (secondary N) is 2. The number of nitriles is 1. The number of hydrogen-bond acceptors (Lipinski definition) is 8. The number of fused-ring (bicyclic) bond motifs is 1. The zero-order chi connectivity index (χ0) is 27.2. The lowest BCUT2D eigenvalue weighted by molar-refractivity contribution is -0.136. The molecule has 1 aromatic heterocycles. The maximum absolute atomic E-state index is 12.5. The minimum atomic E-state index is -0.990. The molecule has 0 saturated carbocycles. The highest BCUT2D eigenvalue weighted by Crippen LogP contribution is 2.37. The number of hydrazone groups is 1. The van der Waals surface area contributed by atoms with Crippen LogP contribution in [0.3, 0.4) is 0 Å². The second-order valence-electron chi connectivity index (χ2n) is 8.11. The van der Waals surface area contributed by atoms with Crippen LogP contribution in [-0.2, 0) is 22.4 Å². The van der Waals surface area contributed by atoms with Crippen molar-refractivity contribution in [3.8, 4) is 17.6 Å². The third kappa shape index (κ3) is 6.14. The van der Waals surface area contributed by atoms with Crippen LogP contribution >= 0.6 is 34.5 Å². The molecular formula is C26H20Cl2N4O5S. The maximum Gasteiger partial charge on any atom is 0.343 e. The molecule has 9 nitrogen and oxygen atoms in total. The fourth-order valence-corrected chi connectivity index (χ4v) is 5.31. The SMILES string of the molecule is COc1cc(/C=N/NC(=O)C(=O)Nc2sc3c(c2C#N)CCCC3)ccc1OC(=O)c1ccc(Cl)c(Cl)c1. The van der Waals surface area contributed by atoms with Gasteiger partial charge in [0.05, 0.1) is 34.5 Å². The first kappa shape index (κ1) is 27.1. The lowest BCUT2D eigenvalue weighted by Crippen LogP contribution is -2.32. The van der Waals surface area contributed by atoms with E-state index < -0.39 is 17.8 Å². The number of carbonyl (C=O) groups is 3. The normalized spacial score (nSPS) is 12.4. The molecule has 194 valence electrons. The van der Waals surface area contributed by atoms with Crippen LogP contribution in [0.5, 0.6) is 11.5 Å². The van der Waals surface area contributed by atoms with Gasteiger partial charge in [0.2, 0.25) is 0 Å². The van der Waals surface area contributed by atoms with Gasteiger partial charge in [0.15, 0.2) is 11.5 Å². The van der Waals surface area contributed by atoms with Gasteiger partial charge in [-0.2, -0.15) is 10.4 Å². The molecule has 0 atom stereocenters. The Kier molecular flexibility index (Phi) is 8.63. The number of ether oxygens (including phenoxy) is 2. The Morgan fingerprint density at radius 2 is 1.84 bits per heavy atom. The summed E-state index contributed by atoms with van der Waals surface area (Å²) in [7, 11) is 1.40. The smallest absolute Gasteiger partial charge is 0.343 e. The third-order valence-corrected chi connectivity index (χ3v) is 7.59. The Hall–Kier alpha value is -3.91. The molecule has 2 amide bonds. The number of hydrogen-bond donors (Lipinski definition) is 2. The lowest BCUT2D eigenvalue weighted by Gasteiger charge is -2.10. The van der Waals surface area contributed by atoms with Crippen molar-refractivity contribution >= 4 is 63.5 Å². The third-order valence-electron chi connectivity index (χ3n) is 5.64. The number of benzene rings is 2. The number of esters is 1. The summed E-state index contributed by atoms with van der Waals surface area (Å²) in [5.74, 6) is -2.20. The molecule has 3 aromatic rings. The fourth-order valence-electron chi connectivity index (χ4n) is 3.78. The Morgan fingerprint density at radius 3 is 2.58 bits per heavy atom. The molecule has 0 aliphatic heterocycles. The largest absolute Gasteiger partial charge is 0.493 e. The van der Waals surface area contributed by atoms with E-state index in [1.165, 1.54) is 55.0 Å². The van der Waals surface area contributed by atoms with Gasteiger partial charge < -0.3 is 14.8 Å². The van der Waals surface area contributed by atoms with Crippen molar-refractivity contribution in [2.75, 3.05) is 12.4 Å². The topological polar surface area (TPSA) is 130 Å². The van der Waals surface area contributed by atoms with Crippen molar-refractivity contribution in [2.24, 2.45) is 5.10 Å². The van der Waals surface area contributed by atoms with Gasteiger partial charge in [0.25, 0.3) is 0 Å². The average molecular weight is 571 g/mol. The van der Waals surface area contributed by atoms with Gasteiger partial charge in [0, 0.05) is 4.88 Å². The Labute approximate surface area is 232 Å². The van der Waals surface area contributed by atoms with Crippen LogP contribution < -0.4 is 20.2 Å². The van der Waals surface area contributed by atoms with Crippen LogP contribution in [-0.4, -0.2) is 31.1 Å². The van der Waals surface area contributed by atoms with Gasteiger partial charge in [-0.05, 0) is 73.2 Å². The number of carbonyl (C=O) groups excluding carboxylic acids is 3. The van der Waals surface area contributed by atoms with Crippen LogP contribution in [0, 0.1) is 11.3 Å². The van der Waals surface area contributed by atoms with Crippen LogP contribution in [0.25, 0.3) is 0 Å². The van der Waals surface area contributed by atoms with E-state index in [2.05, 4.69) is 21.9 Å². The van der Waals surface area contributed by atoms with Crippen LogP contribution in [0.15, 0.2) is 41.5 Å². The highest BCUT2D eigenvalue weighted by Gasteiger charge is 2.23. The van der Waals surface area contributed by atoms with Crippen molar-refractivity contribution in [3.05, 3.63) is 73.6 Å². The average Bonchev–Trinajstić information content (AvgIpc) is 3.27. The van der Waals surface area contributed by atoms with E-state index in [0.29, 0.717) is 21.2 Å². The summed E-state index contributed by atoms with van der Waals surface area (Å²) in [6, 6.07) is 11.1. The van der Waals surface area contributed by atoms with Gasteiger partial charge in [-0.1, -0.05) is 23.2 Å². The number of amides is 2. The number of nitrogens with zero attached hydrogens (tertiary/aromatic N) is 2. The first-order chi connectivity index (χ1) is 18.3. The number of thiophene rings is 1. The minimum absolute atomic E-state index is 0.149. The van der Waals surface area contributed by atoms with E-state index in [1.807, 2.05) is 0 Å². The summed E-state index contributed by atoms with van der Waals surface area (Å²) in [6.07, 6.45) is 4.97. The zero-order valence-electron chi connectivity index (χ0n) is 20.0. The molecule has 0 saturated heterocycles. The molecule has 0 bridgehead atoms. The molecule has 4 rings (SSSR count). The Morgan fingerprint density at radius 1 is 1.05 bits per heavy atom. The summed E-state index contributed by atoms with van der Waals surface area (Å²) in [4.78, 5) is 38.1. The number of methoxy groups -OCH3 is 1. The highest BCUT2D eigenvalue weighted by molar-refractivity contribution is 7.16. The van der Waals surface area contributed by atoms with Gasteiger partial charge in [0.1, 0.15) is 11.1 Å². The first-order valence-corrected chi connectivity index (χ1v) is 12.9. The van der Waals surface area contributed by atoms with E-state index in [4.69, 9.17) is 32.7 Å². The number of halogens is 2. The van der Waals surface area contributed by atoms with E-state index in [0.717, 1.165) is 36.1 Å². The van der Waals surface area contributed by atoms with Gasteiger partial charge in [-0.15, -0.1) is 11.3 Å². The molecule has 2 aromatic carbocycles. The monoisotopic (exact) mass is 570 g/mol. The minimum Gasteiger partial charge on any atom is -0.493 e. The molecule has 1 aliphatic carbocycles. The van der Waals surface area contributed by atoms with E-state index in [-0.39, 0.29) is 22.1 Å². The number of rotatable bonds is 6. The summed E-state index contributed by atoms with van der Waals surface area (Å²) in [5, 5.41) is 16.7. The highest BCUT2D eigenvalue weighted by atomic mass is 35.5. The fraction of sp³-hybridized carbons (Fsp3) is 0.192. The van der Waals surface area contributed by atoms with Crippen molar-refractivity contribution in [1.29, 1.82) is 5.26 Å². The van der Waals surface area contributed by atoms with Crippen LogP contribution in [0.4, 0.5) is 5.00 Å². The number of aryl methyl sites for hydroxylation is 1. The van der Waals surface area contributed by atoms with Gasteiger partial charge in [-0.3, -0.25) is 9.59 Å². The molecule has 1 aliphatic rings. The molecule has 38 heavy (non-hydrogen) atoms. The molecular weight excluding hydrogens is 551 g/mol. The molecule has 0 unspecified atom stereocenters. The Bertz CT molecular complexity index is 1500. The van der Waals surface area contributed by atoms with Crippen molar-refractivity contribution in [3.63, 3.8) is 0 Å². The standard InChI is InChI=1S/C26H20Cl2N4O5S/c1-36-21-10-14(6-9-20(21)37-26(35)15-7-8-18(27)19(28)11-15)13-30-32-24(34)23(33)31-25-17(12-29)16-4-2-3-5-22(16)38-25/h6-11,13H,2-5H2,1H3,(H,31,33)(H,32,34)/b30-13+. The predicted molar refractivity (Wildman–Crippen MR) is 144 cm³/mol. The lowest BCUT2D eigenvalue weighted by atomic mass is 9.96. The van der Waals surface area contributed by atoms with E-state index in [9.17, 15) is 19.6 Å². The number of anilines is 1. The second-order valence-corrected chi connectivity index (χ2v) is 10.0. The van der Waals surface area contributed by atoms with Crippen molar-refractivity contribution < 1.29 is 23.9 Å². The van der Waals surface area contributed by atoms with Gasteiger partial charge in [-0.25, -0.2) is 10.2 Å². The summed E-state index contributed by atoms with van der Waals surface area (Å²) < 4.78 is 10.7. The summed E-state index contributed by atoms with van der Waals surface area (Å²) in [5.41, 5.74) is 4.23. The molecule has 0 radical (unpaired) electrons. The quantitative estimate of drug-likeness (QED) is 0.139. The molecule has 0 spiro atoms. The van der Waals surface area contributed by atoms with Gasteiger partial charge >= 0.3 is 17.8 Å². The summed E-state index contributed by atoms with van der Waals surface area (Å²) in [6.45, 7) is 0. The molecule has 2 N–H and O–H groups in total. The first-order valence-electron chi connectivity index (χ1n) is 11.3. The predicted octanol–water partition coefficient (Wildman–Crippen LogP) is 5.12.